The van der Waals surface area contributed by atoms with Crippen LogP contribution in [-0.4, -0.2) is 28.4 Å². The largest absolute Gasteiger partial charge is 0.497 e. The molecule has 0 aliphatic heterocycles. The Morgan fingerprint density at radius 2 is 1.04 bits per heavy atom. The lowest BCUT2D eigenvalue weighted by Gasteiger charge is -2.17. The highest BCUT2D eigenvalue weighted by molar-refractivity contribution is 5.83. The van der Waals surface area contributed by atoms with E-state index in [0.29, 0.717) is 11.5 Å². The maximum absolute atomic E-state index is 5.69. The number of hydrogen-bond donors (Lipinski definition) is 0. The van der Waals surface area contributed by atoms with Crippen LogP contribution in [0.15, 0.2) is 60.7 Å². The zero-order chi connectivity index (χ0) is 18.5. The van der Waals surface area contributed by atoms with E-state index in [1.54, 1.807) is 28.4 Å². The standard InChI is InChI=1S/C22H22O4/c1-23-18-10-17(11-19(14-18)24-2)22-20(25-3)12-16(13-21(22)26-4)15-8-6-5-7-9-15/h5-14H,1-4H3. The minimum Gasteiger partial charge on any atom is -0.497 e. The Hall–Kier alpha value is -3.14. The maximum atomic E-state index is 5.69. The Balaban J connectivity index is 2.22. The molecule has 0 N–H and O–H groups in total. The van der Waals surface area contributed by atoms with E-state index in [-0.39, 0.29) is 0 Å². The van der Waals surface area contributed by atoms with Gasteiger partial charge in [-0.25, -0.2) is 0 Å². The minimum atomic E-state index is 0.704. The summed E-state index contributed by atoms with van der Waals surface area (Å²) >= 11 is 0. The van der Waals surface area contributed by atoms with Crippen LogP contribution in [-0.2, 0) is 0 Å². The van der Waals surface area contributed by atoms with Gasteiger partial charge in [-0.05, 0) is 41.0 Å². The third-order valence-corrected chi connectivity index (χ3v) is 4.25. The van der Waals surface area contributed by atoms with Crippen molar-refractivity contribution in [2.45, 2.75) is 0 Å². The molecule has 0 saturated heterocycles. The molecule has 3 aromatic rings. The van der Waals surface area contributed by atoms with Crippen LogP contribution in [0.2, 0.25) is 0 Å². The zero-order valence-corrected chi connectivity index (χ0v) is 15.4. The molecule has 4 nitrogen and oxygen atoms in total. The number of ether oxygens (including phenoxy) is 4. The van der Waals surface area contributed by atoms with Gasteiger partial charge in [0.1, 0.15) is 23.0 Å². The van der Waals surface area contributed by atoms with Crippen molar-refractivity contribution in [2.24, 2.45) is 0 Å². The molecular weight excluding hydrogens is 328 g/mol. The van der Waals surface area contributed by atoms with Crippen molar-refractivity contribution < 1.29 is 18.9 Å². The predicted octanol–water partition coefficient (Wildman–Crippen LogP) is 5.06. The second kappa shape index (κ2) is 7.83. The van der Waals surface area contributed by atoms with Gasteiger partial charge in [-0.15, -0.1) is 0 Å². The summed E-state index contributed by atoms with van der Waals surface area (Å²) in [6, 6.07) is 19.9. The predicted molar refractivity (Wildman–Crippen MR) is 104 cm³/mol. The SMILES string of the molecule is COc1cc(OC)cc(-c2c(OC)cc(-c3ccccc3)cc2OC)c1. The Kier molecular flexibility index (Phi) is 5.32. The molecule has 0 fully saturated rings. The summed E-state index contributed by atoms with van der Waals surface area (Å²) in [5.74, 6) is 2.85. The van der Waals surface area contributed by atoms with E-state index >= 15 is 0 Å². The van der Waals surface area contributed by atoms with E-state index in [4.69, 9.17) is 18.9 Å². The molecule has 0 bridgehead atoms. The second-order valence-corrected chi connectivity index (χ2v) is 5.72. The quantitative estimate of drug-likeness (QED) is 0.623. The van der Waals surface area contributed by atoms with Crippen molar-refractivity contribution in [1.82, 2.24) is 0 Å². The van der Waals surface area contributed by atoms with Gasteiger partial charge in [-0.3, -0.25) is 0 Å². The molecule has 0 aliphatic rings. The molecular formula is C22H22O4. The van der Waals surface area contributed by atoms with Crippen LogP contribution in [0.1, 0.15) is 0 Å². The third-order valence-electron chi connectivity index (χ3n) is 4.25. The van der Waals surface area contributed by atoms with Crippen LogP contribution in [0.3, 0.4) is 0 Å². The molecule has 26 heavy (non-hydrogen) atoms. The van der Waals surface area contributed by atoms with Crippen molar-refractivity contribution in [2.75, 3.05) is 28.4 Å². The van der Waals surface area contributed by atoms with E-state index < -0.39 is 0 Å². The number of hydrogen-bond acceptors (Lipinski definition) is 4. The lowest BCUT2D eigenvalue weighted by molar-refractivity contribution is 0.392. The molecule has 3 aromatic carbocycles. The molecule has 0 aliphatic carbocycles. The Labute approximate surface area is 153 Å². The Morgan fingerprint density at radius 1 is 0.500 bits per heavy atom. The molecule has 0 atom stereocenters. The first kappa shape index (κ1) is 17.7. The van der Waals surface area contributed by atoms with Crippen molar-refractivity contribution in [3.63, 3.8) is 0 Å². The van der Waals surface area contributed by atoms with Gasteiger partial charge in [0, 0.05) is 6.07 Å². The summed E-state index contributed by atoms with van der Waals surface area (Å²) in [7, 11) is 6.58. The summed E-state index contributed by atoms with van der Waals surface area (Å²) in [5, 5.41) is 0. The molecule has 0 amide bonds. The van der Waals surface area contributed by atoms with Gasteiger partial charge in [-0.1, -0.05) is 30.3 Å². The fourth-order valence-corrected chi connectivity index (χ4v) is 2.95. The molecule has 3 rings (SSSR count). The summed E-state index contributed by atoms with van der Waals surface area (Å²) < 4.78 is 22.2. The van der Waals surface area contributed by atoms with Gasteiger partial charge < -0.3 is 18.9 Å². The van der Waals surface area contributed by atoms with Crippen molar-refractivity contribution in [3.05, 3.63) is 60.7 Å². The molecule has 0 aromatic heterocycles. The highest BCUT2D eigenvalue weighted by Crippen LogP contribution is 2.44. The monoisotopic (exact) mass is 350 g/mol. The van der Waals surface area contributed by atoms with Crippen molar-refractivity contribution in [1.29, 1.82) is 0 Å². The molecule has 0 radical (unpaired) electrons. The summed E-state index contributed by atoms with van der Waals surface area (Å²) in [6.45, 7) is 0. The summed E-state index contributed by atoms with van der Waals surface area (Å²) in [4.78, 5) is 0. The lowest BCUT2D eigenvalue weighted by atomic mass is 9.97. The molecule has 4 heteroatoms. The highest BCUT2D eigenvalue weighted by Gasteiger charge is 2.17. The Morgan fingerprint density at radius 3 is 1.50 bits per heavy atom. The zero-order valence-electron chi connectivity index (χ0n) is 15.4. The van der Waals surface area contributed by atoms with Crippen LogP contribution in [0.5, 0.6) is 23.0 Å². The average molecular weight is 350 g/mol. The maximum Gasteiger partial charge on any atom is 0.131 e. The van der Waals surface area contributed by atoms with Crippen molar-refractivity contribution in [3.8, 4) is 45.3 Å². The van der Waals surface area contributed by atoms with Gasteiger partial charge in [0.25, 0.3) is 0 Å². The fourth-order valence-electron chi connectivity index (χ4n) is 2.95. The van der Waals surface area contributed by atoms with Crippen LogP contribution in [0, 0.1) is 0 Å². The molecule has 0 saturated carbocycles. The summed E-state index contributed by atoms with van der Waals surface area (Å²) in [6.07, 6.45) is 0. The highest BCUT2D eigenvalue weighted by atomic mass is 16.5. The van der Waals surface area contributed by atoms with E-state index in [1.807, 2.05) is 48.5 Å². The second-order valence-electron chi connectivity index (χ2n) is 5.72. The van der Waals surface area contributed by atoms with Crippen LogP contribution < -0.4 is 18.9 Å². The van der Waals surface area contributed by atoms with E-state index in [1.165, 1.54) is 0 Å². The van der Waals surface area contributed by atoms with Crippen LogP contribution in [0.25, 0.3) is 22.3 Å². The molecule has 134 valence electrons. The van der Waals surface area contributed by atoms with Gasteiger partial charge in [0.05, 0.1) is 34.0 Å². The fraction of sp³-hybridized carbons (Fsp3) is 0.182. The van der Waals surface area contributed by atoms with Crippen LogP contribution >= 0.6 is 0 Å². The topological polar surface area (TPSA) is 36.9 Å². The molecule has 0 unspecified atom stereocenters. The van der Waals surface area contributed by atoms with Crippen molar-refractivity contribution >= 4 is 0 Å². The van der Waals surface area contributed by atoms with E-state index in [0.717, 1.165) is 33.8 Å². The smallest absolute Gasteiger partial charge is 0.131 e. The number of methoxy groups -OCH3 is 4. The van der Waals surface area contributed by atoms with Gasteiger partial charge in [0.2, 0.25) is 0 Å². The first-order valence-corrected chi connectivity index (χ1v) is 8.25. The number of rotatable bonds is 6. The number of benzene rings is 3. The van der Waals surface area contributed by atoms with Gasteiger partial charge in [0.15, 0.2) is 0 Å². The molecule has 0 heterocycles. The average Bonchev–Trinajstić information content (AvgIpc) is 2.72. The minimum absolute atomic E-state index is 0.704. The van der Waals surface area contributed by atoms with Gasteiger partial charge in [-0.2, -0.15) is 0 Å². The third kappa shape index (κ3) is 3.45. The van der Waals surface area contributed by atoms with Gasteiger partial charge >= 0.3 is 0 Å². The molecule has 0 spiro atoms. The Bertz CT molecular complexity index is 841. The first-order valence-electron chi connectivity index (χ1n) is 8.25. The summed E-state index contributed by atoms with van der Waals surface area (Å²) in [5.41, 5.74) is 3.87. The normalized spacial score (nSPS) is 10.3. The van der Waals surface area contributed by atoms with E-state index in [2.05, 4.69) is 12.1 Å². The van der Waals surface area contributed by atoms with E-state index in [9.17, 15) is 0 Å². The lowest BCUT2D eigenvalue weighted by Crippen LogP contribution is -1.96. The van der Waals surface area contributed by atoms with Crippen LogP contribution in [0.4, 0.5) is 0 Å². The first-order chi connectivity index (χ1) is 12.7.